The zero-order chi connectivity index (χ0) is 33.0. The monoisotopic (exact) mass is 657 g/mol. The van der Waals surface area contributed by atoms with Gasteiger partial charge < -0.3 is 13.9 Å². The number of hydrogen-bond donors (Lipinski definition) is 0. The molecule has 0 aliphatic carbocycles. The topological polar surface area (TPSA) is 103 Å². The molecule has 9 heteroatoms. The molecule has 2 atom stereocenters. The van der Waals surface area contributed by atoms with Gasteiger partial charge in [0.25, 0.3) is 0 Å². The number of hydrogen-bond acceptors (Lipinski definition) is 8. The molecule has 2 aliphatic rings. The normalized spacial score (nSPS) is 17.2. The number of nitrogens with zero attached hydrogens (tertiary/aromatic N) is 1. The molecule has 3 heterocycles. The van der Waals surface area contributed by atoms with Gasteiger partial charge in [-0.2, -0.15) is 0 Å². The van der Waals surface area contributed by atoms with Crippen LogP contribution in [0, 0.1) is 5.92 Å². The number of ketones is 1. The maximum absolute atomic E-state index is 14.2. The Kier molecular flexibility index (Phi) is 8.94. The van der Waals surface area contributed by atoms with Crippen molar-refractivity contribution in [2.24, 2.45) is 5.92 Å². The van der Waals surface area contributed by atoms with Crippen molar-refractivity contribution in [2.45, 2.75) is 24.3 Å². The van der Waals surface area contributed by atoms with E-state index in [1.807, 2.05) is 91.0 Å². The lowest BCUT2D eigenvalue weighted by Gasteiger charge is -2.49. The van der Waals surface area contributed by atoms with Crippen LogP contribution in [-0.2, 0) is 25.5 Å². The summed E-state index contributed by atoms with van der Waals surface area (Å²) >= 11 is 1.50. The molecule has 1 aromatic heterocycles. The van der Waals surface area contributed by atoms with E-state index in [-0.39, 0.29) is 42.2 Å². The molecule has 4 aromatic carbocycles. The van der Waals surface area contributed by atoms with Gasteiger partial charge >= 0.3 is 11.6 Å². The van der Waals surface area contributed by atoms with Gasteiger partial charge in [-0.3, -0.25) is 14.5 Å². The SMILES string of the molecule is O=C(Cc1ccccc1)C[C@@H]1C(=O)N2C(C(=O)OC(c3ccccc3)c3ccccc3)=C(COc3ccc4ccc(=O)oc4c3)CS[C@H]12. The van der Waals surface area contributed by atoms with Crippen molar-refractivity contribution in [3.05, 3.63) is 160 Å². The van der Waals surface area contributed by atoms with Gasteiger partial charge in [-0.25, -0.2) is 9.59 Å². The molecule has 5 aromatic rings. The van der Waals surface area contributed by atoms with E-state index in [2.05, 4.69) is 0 Å². The van der Waals surface area contributed by atoms with E-state index >= 15 is 0 Å². The van der Waals surface area contributed by atoms with Crippen molar-refractivity contribution in [1.29, 1.82) is 0 Å². The van der Waals surface area contributed by atoms with E-state index in [9.17, 15) is 19.2 Å². The molecule has 0 radical (unpaired) electrons. The van der Waals surface area contributed by atoms with Gasteiger partial charge in [0, 0.05) is 41.7 Å². The standard InChI is InChI=1S/C39H31NO7S/c41-30(20-25-10-4-1-5-11-25)21-32-37(43)40-35(39(44)47-36(27-12-6-2-7-13-27)28-14-8-3-9-15-28)29(24-48-38(32)40)23-45-31-18-16-26-17-19-34(42)46-33(26)22-31/h1-19,22,32,36,38H,20-21,23-24H2/t32-,38-/m1/s1. The molecule has 0 saturated carbocycles. The quantitative estimate of drug-likeness (QED) is 0.0903. The van der Waals surface area contributed by atoms with Crippen LogP contribution in [0.2, 0.25) is 0 Å². The van der Waals surface area contributed by atoms with E-state index in [0.717, 1.165) is 22.1 Å². The summed E-state index contributed by atoms with van der Waals surface area (Å²) < 4.78 is 17.7. The zero-order valence-corrected chi connectivity index (χ0v) is 26.6. The number of carbonyl (C=O) groups is 3. The van der Waals surface area contributed by atoms with Crippen LogP contribution < -0.4 is 10.4 Å². The van der Waals surface area contributed by atoms with Gasteiger partial charge in [0.15, 0.2) is 6.10 Å². The lowest BCUT2D eigenvalue weighted by atomic mass is 9.89. The van der Waals surface area contributed by atoms with E-state index in [1.54, 1.807) is 24.3 Å². The molecule has 0 N–H and O–H groups in total. The van der Waals surface area contributed by atoms with Crippen molar-refractivity contribution in [3.8, 4) is 5.75 Å². The number of carbonyl (C=O) groups excluding carboxylic acids is 3. The highest BCUT2D eigenvalue weighted by atomic mass is 32.2. The fourth-order valence-corrected chi connectivity index (χ4v) is 7.50. The Morgan fingerprint density at radius 2 is 1.48 bits per heavy atom. The number of rotatable bonds is 11. The van der Waals surface area contributed by atoms with Gasteiger partial charge in [-0.05, 0) is 34.9 Å². The van der Waals surface area contributed by atoms with Crippen molar-refractivity contribution < 1.29 is 28.3 Å². The lowest BCUT2D eigenvalue weighted by molar-refractivity contribution is -0.157. The highest BCUT2D eigenvalue weighted by molar-refractivity contribution is 8.00. The summed E-state index contributed by atoms with van der Waals surface area (Å²) in [5.74, 6) is -0.677. The zero-order valence-electron chi connectivity index (χ0n) is 25.8. The highest BCUT2D eigenvalue weighted by Gasteiger charge is 2.54. The predicted octanol–water partition coefficient (Wildman–Crippen LogP) is 6.49. The van der Waals surface area contributed by atoms with Crippen molar-refractivity contribution in [1.82, 2.24) is 4.90 Å². The van der Waals surface area contributed by atoms with E-state index in [4.69, 9.17) is 13.9 Å². The number of benzene rings is 4. The summed E-state index contributed by atoms with van der Waals surface area (Å²) in [6.45, 7) is -0.00451. The molecule has 0 bridgehead atoms. The summed E-state index contributed by atoms with van der Waals surface area (Å²) in [4.78, 5) is 54.3. The molecule has 48 heavy (non-hydrogen) atoms. The smallest absolute Gasteiger partial charge is 0.356 e. The van der Waals surface area contributed by atoms with Crippen LogP contribution in [0.5, 0.6) is 5.75 Å². The van der Waals surface area contributed by atoms with Crippen LogP contribution in [0.25, 0.3) is 11.0 Å². The molecule has 1 saturated heterocycles. The molecule has 240 valence electrons. The Bertz CT molecular complexity index is 2020. The second kappa shape index (κ2) is 13.8. The van der Waals surface area contributed by atoms with E-state index < -0.39 is 23.6 Å². The molecule has 0 unspecified atom stereocenters. The average Bonchev–Trinajstić information content (AvgIpc) is 3.12. The first-order valence-corrected chi connectivity index (χ1v) is 16.7. The third-order valence-corrected chi connectivity index (χ3v) is 9.88. The Balaban J connectivity index is 1.17. The van der Waals surface area contributed by atoms with E-state index in [1.165, 1.54) is 22.7 Å². The Hall–Kier alpha value is -5.41. The van der Waals surface area contributed by atoms with Crippen LogP contribution in [0.1, 0.15) is 29.2 Å². The van der Waals surface area contributed by atoms with Crippen molar-refractivity contribution in [2.75, 3.05) is 12.4 Å². The third kappa shape index (κ3) is 6.55. The van der Waals surface area contributed by atoms with Crippen molar-refractivity contribution in [3.63, 3.8) is 0 Å². The first-order valence-electron chi connectivity index (χ1n) is 15.6. The molecule has 1 amide bonds. The molecular formula is C39H31NO7S. The van der Waals surface area contributed by atoms with E-state index in [0.29, 0.717) is 22.7 Å². The van der Waals surface area contributed by atoms with Crippen LogP contribution in [0.15, 0.2) is 142 Å². The Labute approximate surface area is 281 Å². The maximum atomic E-state index is 14.2. The Morgan fingerprint density at radius 3 is 2.17 bits per heavy atom. The second-order valence-electron chi connectivity index (χ2n) is 11.7. The summed E-state index contributed by atoms with van der Waals surface area (Å²) in [6, 6.07) is 36.5. The largest absolute Gasteiger partial charge is 0.489 e. The van der Waals surface area contributed by atoms with Crippen LogP contribution in [-0.4, -0.2) is 40.3 Å². The summed E-state index contributed by atoms with van der Waals surface area (Å²) in [6.07, 6.45) is -0.381. The summed E-state index contributed by atoms with van der Waals surface area (Å²) in [5, 5.41) is 0.360. The average molecular weight is 658 g/mol. The molecule has 7 rings (SSSR count). The fourth-order valence-electron chi connectivity index (χ4n) is 6.11. The molecule has 1 fully saturated rings. The van der Waals surface area contributed by atoms with Gasteiger partial charge in [-0.1, -0.05) is 91.0 Å². The molecule has 8 nitrogen and oxygen atoms in total. The molecule has 2 aliphatic heterocycles. The van der Waals surface area contributed by atoms with Crippen LogP contribution in [0.3, 0.4) is 0 Å². The van der Waals surface area contributed by atoms with Crippen LogP contribution >= 0.6 is 11.8 Å². The van der Waals surface area contributed by atoms with Gasteiger partial charge in [0.05, 0.1) is 11.3 Å². The van der Waals surface area contributed by atoms with Gasteiger partial charge in [-0.15, -0.1) is 11.8 Å². The minimum absolute atomic E-state index is 0.00451. The number of ether oxygens (including phenoxy) is 2. The minimum atomic E-state index is -0.717. The number of esters is 1. The third-order valence-electron chi connectivity index (χ3n) is 8.48. The first-order chi connectivity index (χ1) is 23.4. The fraction of sp³-hybridized carbons (Fsp3) is 0.179. The number of β-lactam (4-membered cyclic amide) rings is 1. The number of Topliss-reactive ketones (excluding diaryl/α,β-unsaturated/α-hetero) is 1. The summed E-state index contributed by atoms with van der Waals surface area (Å²) in [5.41, 5.74) is 3.09. The lowest BCUT2D eigenvalue weighted by Crippen LogP contribution is -2.62. The number of amides is 1. The van der Waals surface area contributed by atoms with Gasteiger partial charge in [0.1, 0.15) is 29.4 Å². The molecule has 0 spiro atoms. The first kappa shape index (κ1) is 31.2. The Morgan fingerprint density at radius 1 is 0.833 bits per heavy atom. The van der Waals surface area contributed by atoms with Gasteiger partial charge in [0.2, 0.25) is 5.91 Å². The summed E-state index contributed by atoms with van der Waals surface area (Å²) in [7, 11) is 0. The maximum Gasteiger partial charge on any atom is 0.356 e. The number of fused-ring (bicyclic) bond motifs is 2. The van der Waals surface area contributed by atoms with Crippen molar-refractivity contribution >= 4 is 40.4 Å². The van der Waals surface area contributed by atoms with Crippen LogP contribution in [0.4, 0.5) is 0 Å². The molecular weight excluding hydrogens is 626 g/mol. The highest BCUT2D eigenvalue weighted by Crippen LogP contribution is 2.46. The minimum Gasteiger partial charge on any atom is -0.489 e. The predicted molar refractivity (Wildman–Crippen MR) is 182 cm³/mol. The second-order valence-corrected chi connectivity index (χ2v) is 12.8. The number of thioether (sulfide) groups is 1.